The molecule has 0 heterocycles. The van der Waals surface area contributed by atoms with Crippen molar-refractivity contribution < 1.29 is 14.7 Å². The number of aromatic carboxylic acids is 1. The summed E-state index contributed by atoms with van der Waals surface area (Å²) in [6.07, 6.45) is 3.51. The number of urea groups is 1. The second-order valence-electron chi connectivity index (χ2n) is 5.47. The number of amides is 2. The van der Waals surface area contributed by atoms with E-state index < -0.39 is 5.97 Å². The number of hydrogen-bond acceptors (Lipinski definition) is 2. The van der Waals surface area contributed by atoms with Crippen molar-refractivity contribution in [3.8, 4) is 0 Å². The highest BCUT2D eigenvalue weighted by atomic mass is 16.4. The topological polar surface area (TPSA) is 78.4 Å². The highest BCUT2D eigenvalue weighted by molar-refractivity contribution is 5.99. The van der Waals surface area contributed by atoms with Crippen LogP contribution in [0.15, 0.2) is 24.3 Å². The maximum atomic E-state index is 11.8. The Hall–Kier alpha value is -2.04. The van der Waals surface area contributed by atoms with Gasteiger partial charge in [0.05, 0.1) is 11.3 Å². The lowest BCUT2D eigenvalue weighted by molar-refractivity contribution is 0.0698. The third-order valence-corrected chi connectivity index (χ3v) is 3.76. The summed E-state index contributed by atoms with van der Waals surface area (Å²) < 4.78 is 0. The first-order valence-electron chi connectivity index (χ1n) is 6.93. The summed E-state index contributed by atoms with van der Waals surface area (Å²) >= 11 is 0. The normalized spacial score (nSPS) is 21.4. The minimum absolute atomic E-state index is 0.0946. The molecule has 2 atom stereocenters. The molecule has 1 aliphatic carbocycles. The van der Waals surface area contributed by atoms with Gasteiger partial charge in [-0.25, -0.2) is 9.59 Å². The van der Waals surface area contributed by atoms with E-state index in [0.29, 0.717) is 18.2 Å². The molecule has 2 unspecified atom stereocenters. The molecule has 1 fully saturated rings. The first-order chi connectivity index (χ1) is 9.56. The van der Waals surface area contributed by atoms with E-state index in [1.807, 2.05) is 0 Å². The van der Waals surface area contributed by atoms with E-state index in [2.05, 4.69) is 17.6 Å². The summed E-state index contributed by atoms with van der Waals surface area (Å²) in [5.74, 6) is 0.216. The summed E-state index contributed by atoms with van der Waals surface area (Å²) in [4.78, 5) is 22.8. The van der Waals surface area contributed by atoms with Crippen molar-refractivity contribution in [1.29, 1.82) is 0 Å². The van der Waals surface area contributed by atoms with E-state index in [-0.39, 0.29) is 11.6 Å². The van der Waals surface area contributed by atoms with E-state index in [9.17, 15) is 9.59 Å². The van der Waals surface area contributed by atoms with Crippen LogP contribution in [0.25, 0.3) is 0 Å². The average Bonchev–Trinajstić information content (AvgIpc) is 2.83. The monoisotopic (exact) mass is 276 g/mol. The first-order valence-corrected chi connectivity index (χ1v) is 6.93. The van der Waals surface area contributed by atoms with Gasteiger partial charge in [0, 0.05) is 6.54 Å². The summed E-state index contributed by atoms with van der Waals surface area (Å²) in [5.41, 5.74) is 0.412. The van der Waals surface area contributed by atoms with Crippen LogP contribution in [0.4, 0.5) is 10.5 Å². The number of carbonyl (C=O) groups excluding carboxylic acids is 1. The van der Waals surface area contributed by atoms with E-state index in [4.69, 9.17) is 5.11 Å². The Bertz CT molecular complexity index is 502. The fourth-order valence-corrected chi connectivity index (χ4v) is 2.69. The zero-order valence-electron chi connectivity index (χ0n) is 11.6. The maximum absolute atomic E-state index is 11.8. The third kappa shape index (κ3) is 3.73. The van der Waals surface area contributed by atoms with Crippen LogP contribution < -0.4 is 10.6 Å². The fraction of sp³-hybridized carbons (Fsp3) is 0.467. The number of anilines is 1. The number of carboxylic acid groups (broad SMARTS) is 1. The molecule has 20 heavy (non-hydrogen) atoms. The Morgan fingerprint density at radius 1 is 1.30 bits per heavy atom. The Morgan fingerprint density at radius 3 is 2.70 bits per heavy atom. The second-order valence-corrected chi connectivity index (χ2v) is 5.47. The van der Waals surface area contributed by atoms with Gasteiger partial charge in [0.25, 0.3) is 0 Å². The lowest BCUT2D eigenvalue weighted by Crippen LogP contribution is -2.33. The molecule has 1 aliphatic rings. The fourth-order valence-electron chi connectivity index (χ4n) is 2.69. The second kappa shape index (κ2) is 6.41. The van der Waals surface area contributed by atoms with E-state index in [1.165, 1.54) is 12.5 Å². The molecule has 3 N–H and O–H groups in total. The molecular weight excluding hydrogens is 256 g/mol. The van der Waals surface area contributed by atoms with Gasteiger partial charge < -0.3 is 15.7 Å². The van der Waals surface area contributed by atoms with Gasteiger partial charge in [0.1, 0.15) is 0 Å². The molecule has 5 nitrogen and oxygen atoms in total. The van der Waals surface area contributed by atoms with Crippen LogP contribution in [-0.2, 0) is 0 Å². The summed E-state index contributed by atoms with van der Waals surface area (Å²) in [6.45, 7) is 2.87. The molecule has 108 valence electrons. The zero-order valence-corrected chi connectivity index (χ0v) is 11.6. The van der Waals surface area contributed by atoms with Gasteiger partial charge in [-0.15, -0.1) is 0 Å². The van der Waals surface area contributed by atoms with Gasteiger partial charge in [0.2, 0.25) is 0 Å². The minimum Gasteiger partial charge on any atom is -0.478 e. The number of hydrogen-bond donors (Lipinski definition) is 3. The summed E-state index contributed by atoms with van der Waals surface area (Å²) in [7, 11) is 0. The van der Waals surface area contributed by atoms with Crippen molar-refractivity contribution in [3.63, 3.8) is 0 Å². The minimum atomic E-state index is -1.05. The Morgan fingerprint density at radius 2 is 2.05 bits per heavy atom. The van der Waals surface area contributed by atoms with E-state index >= 15 is 0 Å². The maximum Gasteiger partial charge on any atom is 0.337 e. The molecule has 1 saturated carbocycles. The quantitative estimate of drug-likeness (QED) is 0.791. The molecule has 0 spiro atoms. The molecule has 1 aromatic rings. The van der Waals surface area contributed by atoms with Gasteiger partial charge in [-0.2, -0.15) is 0 Å². The van der Waals surface area contributed by atoms with Gasteiger partial charge >= 0.3 is 12.0 Å². The largest absolute Gasteiger partial charge is 0.478 e. The van der Waals surface area contributed by atoms with Gasteiger partial charge in [-0.05, 0) is 36.8 Å². The molecule has 1 aromatic carbocycles. The van der Waals surface area contributed by atoms with Crippen LogP contribution in [-0.4, -0.2) is 23.7 Å². The number of para-hydroxylation sites is 1. The van der Waals surface area contributed by atoms with Crippen molar-refractivity contribution in [3.05, 3.63) is 29.8 Å². The van der Waals surface area contributed by atoms with Crippen LogP contribution in [0.3, 0.4) is 0 Å². The van der Waals surface area contributed by atoms with Gasteiger partial charge in [0.15, 0.2) is 0 Å². The Labute approximate surface area is 118 Å². The highest BCUT2D eigenvalue weighted by Gasteiger charge is 2.21. The van der Waals surface area contributed by atoms with Crippen molar-refractivity contribution in [2.75, 3.05) is 11.9 Å². The number of nitrogens with one attached hydrogen (secondary N) is 2. The van der Waals surface area contributed by atoms with E-state index in [1.54, 1.807) is 18.2 Å². The average molecular weight is 276 g/mol. The number of carbonyl (C=O) groups is 2. The molecule has 0 aliphatic heterocycles. The standard InChI is InChI=1S/C15H20N2O3/c1-10-6-7-11(8-10)9-16-15(20)17-13-5-3-2-4-12(13)14(18)19/h2-5,10-11H,6-9H2,1H3,(H,18,19)(H2,16,17,20). The van der Waals surface area contributed by atoms with Crippen LogP contribution >= 0.6 is 0 Å². The molecule has 5 heteroatoms. The van der Waals surface area contributed by atoms with Gasteiger partial charge in [-0.3, -0.25) is 0 Å². The van der Waals surface area contributed by atoms with Crippen LogP contribution in [0.2, 0.25) is 0 Å². The zero-order chi connectivity index (χ0) is 14.5. The molecule has 0 bridgehead atoms. The lowest BCUT2D eigenvalue weighted by Gasteiger charge is -2.13. The molecule has 0 radical (unpaired) electrons. The van der Waals surface area contributed by atoms with E-state index in [0.717, 1.165) is 18.8 Å². The van der Waals surface area contributed by atoms with Crippen LogP contribution in [0.1, 0.15) is 36.5 Å². The van der Waals surface area contributed by atoms with Crippen molar-refractivity contribution in [2.45, 2.75) is 26.2 Å². The molecule has 2 amide bonds. The third-order valence-electron chi connectivity index (χ3n) is 3.76. The predicted molar refractivity (Wildman–Crippen MR) is 76.9 cm³/mol. The molecule has 0 saturated heterocycles. The lowest BCUT2D eigenvalue weighted by atomic mass is 10.1. The van der Waals surface area contributed by atoms with Crippen molar-refractivity contribution >= 4 is 17.7 Å². The molecular formula is C15H20N2O3. The Balaban J connectivity index is 1.87. The molecule has 2 rings (SSSR count). The van der Waals surface area contributed by atoms with Crippen molar-refractivity contribution in [2.24, 2.45) is 11.8 Å². The van der Waals surface area contributed by atoms with Crippen LogP contribution in [0.5, 0.6) is 0 Å². The smallest absolute Gasteiger partial charge is 0.337 e. The predicted octanol–water partition coefficient (Wildman–Crippen LogP) is 2.94. The van der Waals surface area contributed by atoms with Crippen molar-refractivity contribution in [1.82, 2.24) is 5.32 Å². The summed E-state index contributed by atoms with van der Waals surface area (Å²) in [6, 6.07) is 6.03. The number of carboxylic acids is 1. The SMILES string of the molecule is CC1CCC(CNC(=O)Nc2ccccc2C(=O)O)C1. The van der Waals surface area contributed by atoms with Crippen LogP contribution in [0, 0.1) is 11.8 Å². The summed E-state index contributed by atoms with van der Waals surface area (Å²) in [5, 5.41) is 14.5. The molecule has 0 aromatic heterocycles. The highest BCUT2D eigenvalue weighted by Crippen LogP contribution is 2.29. The Kier molecular flexibility index (Phi) is 4.61. The number of benzene rings is 1. The first kappa shape index (κ1) is 14.4. The number of rotatable bonds is 4. The van der Waals surface area contributed by atoms with Gasteiger partial charge in [-0.1, -0.05) is 25.5 Å².